The Kier molecular flexibility index (Phi) is 2.48. The highest BCUT2D eigenvalue weighted by Crippen LogP contribution is 2.37. The van der Waals surface area contributed by atoms with Gasteiger partial charge in [-0.3, -0.25) is 9.59 Å². The van der Waals surface area contributed by atoms with Gasteiger partial charge >= 0.3 is 0 Å². The van der Waals surface area contributed by atoms with Crippen molar-refractivity contribution >= 4 is 28.8 Å². The molecule has 0 amide bonds. The minimum absolute atomic E-state index is 0.0184. The molecule has 1 saturated carbocycles. The first-order valence-corrected chi connectivity index (χ1v) is 5.98. The third-order valence-electron chi connectivity index (χ3n) is 3.17. The number of benzene rings is 1. The molecule has 1 aromatic carbocycles. The number of pyridine rings is 1. The van der Waals surface area contributed by atoms with E-state index in [1.165, 1.54) is 12.3 Å². The van der Waals surface area contributed by atoms with E-state index in [0.29, 0.717) is 11.8 Å². The second kappa shape index (κ2) is 3.92. The van der Waals surface area contributed by atoms with Crippen LogP contribution in [0.4, 0.5) is 4.39 Å². The molecule has 1 aliphatic carbocycles. The quantitative estimate of drug-likeness (QED) is 0.783. The van der Waals surface area contributed by atoms with E-state index in [4.69, 9.17) is 11.6 Å². The number of carbonyl (C=O) groups excluding carboxylic acids is 1. The van der Waals surface area contributed by atoms with E-state index in [1.807, 2.05) is 4.57 Å². The Labute approximate surface area is 107 Å². The molecule has 5 heteroatoms. The maximum atomic E-state index is 13.4. The van der Waals surface area contributed by atoms with Crippen molar-refractivity contribution in [2.45, 2.75) is 18.9 Å². The van der Waals surface area contributed by atoms with Gasteiger partial charge < -0.3 is 4.57 Å². The van der Waals surface area contributed by atoms with Gasteiger partial charge in [0.2, 0.25) is 0 Å². The number of halogens is 2. The monoisotopic (exact) mass is 265 g/mol. The van der Waals surface area contributed by atoms with E-state index in [0.717, 1.165) is 18.9 Å². The van der Waals surface area contributed by atoms with Crippen LogP contribution in [-0.4, -0.2) is 10.9 Å². The Morgan fingerprint density at radius 2 is 2.11 bits per heavy atom. The van der Waals surface area contributed by atoms with Crippen molar-refractivity contribution in [1.82, 2.24) is 4.57 Å². The van der Waals surface area contributed by atoms with Gasteiger partial charge in [-0.05, 0) is 25.0 Å². The molecule has 1 aliphatic rings. The first-order chi connectivity index (χ1) is 8.61. The smallest absolute Gasteiger partial charge is 0.199 e. The molecule has 1 fully saturated rings. The van der Waals surface area contributed by atoms with Crippen molar-refractivity contribution in [2.75, 3.05) is 0 Å². The minimum atomic E-state index is -0.647. The number of hydrogen-bond acceptors (Lipinski definition) is 2. The maximum Gasteiger partial charge on any atom is 0.199 e. The summed E-state index contributed by atoms with van der Waals surface area (Å²) < 4.78 is 15.3. The molecule has 0 unspecified atom stereocenters. The van der Waals surface area contributed by atoms with E-state index in [9.17, 15) is 14.0 Å². The van der Waals surface area contributed by atoms with Crippen molar-refractivity contribution in [2.24, 2.45) is 0 Å². The van der Waals surface area contributed by atoms with Gasteiger partial charge in [-0.2, -0.15) is 0 Å². The van der Waals surface area contributed by atoms with E-state index >= 15 is 0 Å². The van der Waals surface area contributed by atoms with Crippen LogP contribution < -0.4 is 5.43 Å². The summed E-state index contributed by atoms with van der Waals surface area (Å²) >= 11 is 5.75. The summed E-state index contributed by atoms with van der Waals surface area (Å²) in [6.07, 6.45) is 4.02. The third kappa shape index (κ3) is 1.64. The van der Waals surface area contributed by atoms with E-state index < -0.39 is 11.2 Å². The number of fused-ring (bicyclic) bond motifs is 1. The summed E-state index contributed by atoms with van der Waals surface area (Å²) in [5.74, 6) is -0.647. The summed E-state index contributed by atoms with van der Waals surface area (Å²) in [6, 6.07) is 2.82. The van der Waals surface area contributed by atoms with Gasteiger partial charge in [0.25, 0.3) is 0 Å². The van der Waals surface area contributed by atoms with Gasteiger partial charge in [-0.25, -0.2) is 4.39 Å². The molecule has 0 spiro atoms. The van der Waals surface area contributed by atoms with Gasteiger partial charge in [0, 0.05) is 17.6 Å². The first kappa shape index (κ1) is 11.4. The van der Waals surface area contributed by atoms with Gasteiger partial charge in [0.05, 0.1) is 16.1 Å². The average molecular weight is 266 g/mol. The molecule has 0 N–H and O–H groups in total. The highest BCUT2D eigenvalue weighted by molar-refractivity contribution is 6.31. The molecular weight excluding hydrogens is 257 g/mol. The number of carbonyl (C=O) groups is 1. The van der Waals surface area contributed by atoms with E-state index in [1.54, 1.807) is 0 Å². The lowest BCUT2D eigenvalue weighted by Crippen LogP contribution is -2.14. The molecule has 18 heavy (non-hydrogen) atoms. The molecule has 0 radical (unpaired) electrons. The fourth-order valence-electron chi connectivity index (χ4n) is 2.10. The molecule has 1 aromatic heterocycles. The van der Waals surface area contributed by atoms with Crippen molar-refractivity contribution in [3.63, 3.8) is 0 Å². The highest BCUT2D eigenvalue weighted by Gasteiger charge is 2.25. The highest BCUT2D eigenvalue weighted by atomic mass is 35.5. The van der Waals surface area contributed by atoms with Crippen LogP contribution in [0.3, 0.4) is 0 Å². The molecule has 3 rings (SSSR count). The molecule has 0 aliphatic heterocycles. The second-order valence-corrected chi connectivity index (χ2v) is 4.86. The fraction of sp³-hybridized carbons (Fsp3) is 0.231. The molecule has 2 aromatic rings. The van der Waals surface area contributed by atoms with Crippen LogP contribution in [0.5, 0.6) is 0 Å². The third-order valence-corrected chi connectivity index (χ3v) is 3.46. The Hall–Kier alpha value is -1.68. The van der Waals surface area contributed by atoms with Crippen molar-refractivity contribution in [3.8, 4) is 0 Å². The van der Waals surface area contributed by atoms with Crippen LogP contribution in [0.25, 0.3) is 10.9 Å². The Morgan fingerprint density at radius 3 is 2.72 bits per heavy atom. The topological polar surface area (TPSA) is 39.1 Å². The Morgan fingerprint density at radius 1 is 1.39 bits per heavy atom. The largest absolute Gasteiger partial charge is 0.343 e. The number of rotatable bonds is 2. The molecule has 3 nitrogen and oxygen atoms in total. The number of nitrogens with zero attached hydrogens (tertiary/aromatic N) is 1. The Bertz CT molecular complexity index is 719. The predicted molar refractivity (Wildman–Crippen MR) is 66.8 cm³/mol. The summed E-state index contributed by atoms with van der Waals surface area (Å²) in [5.41, 5.74) is 0.183. The standard InChI is InChI=1S/C13H9ClFNO2/c14-10-4-12-9(3-11(10)15)13(18)7(6-17)5-16(12)8-1-2-8/h3-6,8H,1-2H2. The lowest BCUT2D eigenvalue weighted by molar-refractivity contribution is 0.112. The van der Waals surface area contributed by atoms with Crippen LogP contribution in [0.1, 0.15) is 29.2 Å². The molecule has 0 bridgehead atoms. The number of hydrogen-bond donors (Lipinski definition) is 0. The van der Waals surface area contributed by atoms with Crippen LogP contribution in [0.15, 0.2) is 23.1 Å². The summed E-state index contributed by atoms with van der Waals surface area (Å²) in [4.78, 5) is 22.8. The number of aldehydes is 1. The van der Waals surface area contributed by atoms with Crippen LogP contribution in [0, 0.1) is 5.82 Å². The maximum absolute atomic E-state index is 13.4. The van der Waals surface area contributed by atoms with Crippen LogP contribution in [0.2, 0.25) is 5.02 Å². The van der Waals surface area contributed by atoms with Crippen molar-refractivity contribution < 1.29 is 9.18 Å². The lowest BCUT2D eigenvalue weighted by atomic mass is 10.1. The molecule has 1 heterocycles. The fourth-order valence-corrected chi connectivity index (χ4v) is 2.26. The van der Waals surface area contributed by atoms with E-state index in [-0.39, 0.29) is 22.0 Å². The predicted octanol–water partition coefficient (Wildman–Crippen LogP) is 2.94. The SMILES string of the molecule is O=Cc1cn(C2CC2)c2cc(Cl)c(F)cc2c1=O. The first-order valence-electron chi connectivity index (χ1n) is 5.61. The summed E-state index contributed by atoms with van der Waals surface area (Å²) in [7, 11) is 0. The van der Waals surface area contributed by atoms with Crippen LogP contribution >= 0.6 is 11.6 Å². The molecular formula is C13H9ClFNO2. The zero-order valence-corrected chi connectivity index (χ0v) is 10.1. The molecule has 92 valence electrons. The minimum Gasteiger partial charge on any atom is -0.343 e. The Balaban J connectivity index is 2.46. The van der Waals surface area contributed by atoms with Gasteiger partial charge in [-0.1, -0.05) is 11.6 Å². The second-order valence-electron chi connectivity index (χ2n) is 4.45. The molecule has 0 atom stereocenters. The van der Waals surface area contributed by atoms with Gasteiger partial charge in [-0.15, -0.1) is 0 Å². The number of aromatic nitrogens is 1. The zero-order valence-electron chi connectivity index (χ0n) is 9.32. The zero-order chi connectivity index (χ0) is 12.9. The van der Waals surface area contributed by atoms with Crippen molar-refractivity contribution in [1.29, 1.82) is 0 Å². The summed E-state index contributed by atoms with van der Waals surface area (Å²) in [6.45, 7) is 0. The average Bonchev–Trinajstić information content (AvgIpc) is 3.17. The van der Waals surface area contributed by atoms with Gasteiger partial charge in [0.1, 0.15) is 5.82 Å². The van der Waals surface area contributed by atoms with Gasteiger partial charge in [0.15, 0.2) is 11.7 Å². The summed E-state index contributed by atoms with van der Waals surface area (Å²) in [5, 5.41) is 0.184. The normalized spacial score (nSPS) is 15.0. The molecule has 0 saturated heterocycles. The van der Waals surface area contributed by atoms with Crippen molar-refractivity contribution in [3.05, 3.63) is 45.0 Å². The van der Waals surface area contributed by atoms with Crippen LogP contribution in [-0.2, 0) is 0 Å². The van der Waals surface area contributed by atoms with E-state index in [2.05, 4.69) is 0 Å². The lowest BCUT2D eigenvalue weighted by Gasteiger charge is -2.11.